The van der Waals surface area contributed by atoms with Crippen LogP contribution in [-0.2, 0) is 9.59 Å². The monoisotopic (exact) mass is 384 g/mol. The smallest absolute Gasteiger partial charge is 0.288 e. The minimum atomic E-state index is -0.268. The molecule has 24 heavy (non-hydrogen) atoms. The van der Waals surface area contributed by atoms with Crippen LogP contribution in [0.4, 0.5) is 4.79 Å². The van der Waals surface area contributed by atoms with Gasteiger partial charge in [-0.2, -0.15) is 0 Å². The number of carbonyl (C=O) groups excluding carboxylic acids is 3. The molecule has 1 N–H and O–H groups in total. The van der Waals surface area contributed by atoms with Crippen LogP contribution in [0.15, 0.2) is 27.2 Å². The van der Waals surface area contributed by atoms with Crippen molar-refractivity contribution in [1.29, 1.82) is 0 Å². The number of hydrogen-bond acceptors (Lipinski definition) is 9. The average molecular weight is 384 g/mol. The number of nitrogens with one attached hydrogen (secondary N) is 1. The first kappa shape index (κ1) is 17.0. The maximum atomic E-state index is 11.8. The maximum absolute atomic E-state index is 11.8. The molecule has 0 radical (unpaired) electrons. The minimum Gasteiger partial charge on any atom is -0.410 e. The molecule has 0 aliphatic carbocycles. The van der Waals surface area contributed by atoms with Gasteiger partial charge in [-0.1, -0.05) is 29.6 Å². The normalized spacial score (nSPS) is 14.4. The van der Waals surface area contributed by atoms with Gasteiger partial charge in [-0.3, -0.25) is 19.3 Å². The van der Waals surface area contributed by atoms with Crippen LogP contribution in [0.5, 0.6) is 0 Å². The summed E-state index contributed by atoms with van der Waals surface area (Å²) in [6, 6.07) is 3.76. The van der Waals surface area contributed by atoms with Gasteiger partial charge in [-0.15, -0.1) is 21.5 Å². The van der Waals surface area contributed by atoms with Crippen molar-refractivity contribution in [3.8, 4) is 10.8 Å². The Morgan fingerprint density at radius 1 is 1.42 bits per heavy atom. The standard InChI is InChI=1S/C13H12N4O4S3/c18-9(14-3-4-17-10(19)7-24-13(17)20)6-23-12-16-15-11(21-12)8-2-1-5-22-8/h1-2,5H,3-4,6-7H2,(H,14,18). The fraction of sp³-hybridized carbons (Fsp3) is 0.308. The third-order valence-electron chi connectivity index (χ3n) is 2.96. The van der Waals surface area contributed by atoms with Crippen LogP contribution in [0.1, 0.15) is 0 Å². The molecule has 0 saturated carbocycles. The number of aromatic nitrogens is 2. The van der Waals surface area contributed by atoms with Crippen LogP contribution in [0.2, 0.25) is 0 Å². The van der Waals surface area contributed by atoms with E-state index in [0.29, 0.717) is 11.1 Å². The van der Waals surface area contributed by atoms with Crippen LogP contribution < -0.4 is 5.32 Å². The van der Waals surface area contributed by atoms with E-state index in [1.807, 2.05) is 17.5 Å². The Hall–Kier alpha value is -1.85. The molecule has 3 heterocycles. The van der Waals surface area contributed by atoms with Gasteiger partial charge in [0.05, 0.1) is 16.4 Å². The van der Waals surface area contributed by atoms with E-state index in [9.17, 15) is 14.4 Å². The fourth-order valence-electron chi connectivity index (χ4n) is 1.85. The number of rotatable bonds is 7. The van der Waals surface area contributed by atoms with Crippen molar-refractivity contribution in [1.82, 2.24) is 20.4 Å². The number of imide groups is 1. The first-order chi connectivity index (χ1) is 11.6. The summed E-state index contributed by atoms with van der Waals surface area (Å²) in [5.41, 5.74) is 0. The van der Waals surface area contributed by atoms with E-state index in [0.717, 1.165) is 33.3 Å². The molecule has 1 aliphatic rings. The van der Waals surface area contributed by atoms with E-state index in [2.05, 4.69) is 15.5 Å². The molecule has 0 unspecified atom stereocenters. The molecule has 8 nitrogen and oxygen atoms in total. The van der Waals surface area contributed by atoms with Crippen LogP contribution in [-0.4, -0.2) is 56.7 Å². The predicted molar refractivity (Wildman–Crippen MR) is 90.9 cm³/mol. The van der Waals surface area contributed by atoms with Crippen molar-refractivity contribution in [2.24, 2.45) is 0 Å². The summed E-state index contributed by atoms with van der Waals surface area (Å²) < 4.78 is 5.46. The number of carbonyl (C=O) groups is 3. The summed E-state index contributed by atoms with van der Waals surface area (Å²) in [6.45, 7) is 0.409. The second kappa shape index (κ2) is 7.81. The first-order valence-corrected chi connectivity index (χ1v) is 9.72. The number of nitrogens with zero attached hydrogens (tertiary/aromatic N) is 3. The molecule has 3 amide bonds. The molecule has 0 spiro atoms. The highest BCUT2D eigenvalue weighted by molar-refractivity contribution is 8.14. The molecule has 126 valence electrons. The van der Waals surface area contributed by atoms with E-state index in [1.54, 1.807) is 0 Å². The first-order valence-electron chi connectivity index (χ1n) is 6.87. The summed E-state index contributed by atoms with van der Waals surface area (Å²) in [4.78, 5) is 36.6. The highest BCUT2D eigenvalue weighted by Crippen LogP contribution is 2.26. The second-order valence-corrected chi connectivity index (χ2v) is 7.39. The molecule has 2 aromatic heterocycles. The summed E-state index contributed by atoms with van der Waals surface area (Å²) in [5, 5.41) is 12.4. The molecule has 2 aromatic rings. The van der Waals surface area contributed by atoms with E-state index in [4.69, 9.17) is 4.42 Å². The molecule has 0 aromatic carbocycles. The Balaban J connectivity index is 1.40. The van der Waals surface area contributed by atoms with Gasteiger partial charge in [0.15, 0.2) is 0 Å². The Kier molecular flexibility index (Phi) is 5.53. The summed E-state index contributed by atoms with van der Waals surface area (Å²) in [5.74, 6) is 0.259. The van der Waals surface area contributed by atoms with Crippen molar-refractivity contribution in [2.45, 2.75) is 5.22 Å². The second-order valence-electron chi connectivity index (χ2n) is 4.59. The Morgan fingerprint density at radius 2 is 2.29 bits per heavy atom. The van der Waals surface area contributed by atoms with Crippen molar-refractivity contribution in [3.63, 3.8) is 0 Å². The van der Waals surface area contributed by atoms with E-state index in [1.165, 1.54) is 11.3 Å². The van der Waals surface area contributed by atoms with Crippen LogP contribution >= 0.6 is 34.9 Å². The molecular formula is C13H12N4O4S3. The molecule has 0 atom stereocenters. The van der Waals surface area contributed by atoms with Crippen molar-refractivity contribution >= 4 is 51.9 Å². The lowest BCUT2D eigenvalue weighted by atomic mass is 10.5. The predicted octanol–water partition coefficient (Wildman–Crippen LogP) is 1.70. The van der Waals surface area contributed by atoms with Crippen LogP contribution in [0, 0.1) is 0 Å². The molecule has 1 saturated heterocycles. The van der Waals surface area contributed by atoms with Crippen molar-refractivity contribution in [3.05, 3.63) is 17.5 Å². The quantitative estimate of drug-likeness (QED) is 0.719. The lowest BCUT2D eigenvalue weighted by molar-refractivity contribution is -0.125. The summed E-state index contributed by atoms with van der Waals surface area (Å²) >= 11 is 3.60. The van der Waals surface area contributed by atoms with E-state index >= 15 is 0 Å². The lowest BCUT2D eigenvalue weighted by Crippen LogP contribution is -2.38. The Morgan fingerprint density at radius 3 is 3.00 bits per heavy atom. The van der Waals surface area contributed by atoms with Gasteiger partial charge in [-0.25, -0.2) is 0 Å². The zero-order valence-corrected chi connectivity index (χ0v) is 14.7. The van der Waals surface area contributed by atoms with Crippen molar-refractivity contribution in [2.75, 3.05) is 24.6 Å². The van der Waals surface area contributed by atoms with Gasteiger partial charge in [0, 0.05) is 13.1 Å². The highest BCUT2D eigenvalue weighted by Gasteiger charge is 2.29. The van der Waals surface area contributed by atoms with E-state index in [-0.39, 0.29) is 41.6 Å². The highest BCUT2D eigenvalue weighted by atomic mass is 32.2. The largest absolute Gasteiger partial charge is 0.410 e. The summed E-state index contributed by atoms with van der Waals surface area (Å²) in [7, 11) is 0. The SMILES string of the molecule is O=C(CSc1nnc(-c2cccs2)o1)NCCN1C(=O)CSC1=O. The summed E-state index contributed by atoms with van der Waals surface area (Å²) in [6.07, 6.45) is 0. The molecule has 0 bridgehead atoms. The molecule has 1 aliphatic heterocycles. The average Bonchev–Trinajstić information content (AvgIpc) is 3.29. The van der Waals surface area contributed by atoms with Crippen LogP contribution in [0.25, 0.3) is 10.8 Å². The zero-order valence-electron chi connectivity index (χ0n) is 12.3. The number of thioether (sulfide) groups is 2. The Labute approximate surface area is 149 Å². The lowest BCUT2D eigenvalue weighted by Gasteiger charge is -2.12. The van der Waals surface area contributed by atoms with Gasteiger partial charge in [0.25, 0.3) is 16.4 Å². The van der Waals surface area contributed by atoms with Gasteiger partial charge < -0.3 is 9.73 Å². The van der Waals surface area contributed by atoms with Crippen molar-refractivity contribution < 1.29 is 18.8 Å². The number of thiophene rings is 1. The molecule has 3 rings (SSSR count). The topological polar surface area (TPSA) is 105 Å². The third-order valence-corrected chi connectivity index (χ3v) is 5.50. The minimum absolute atomic E-state index is 0.114. The number of hydrogen-bond donors (Lipinski definition) is 1. The van der Waals surface area contributed by atoms with E-state index < -0.39 is 0 Å². The number of amides is 3. The maximum Gasteiger partial charge on any atom is 0.288 e. The molecule has 11 heteroatoms. The molecular weight excluding hydrogens is 372 g/mol. The van der Waals surface area contributed by atoms with Gasteiger partial charge in [0.2, 0.25) is 11.8 Å². The fourth-order valence-corrected chi connectivity index (χ4v) is 3.84. The Bertz CT molecular complexity index is 730. The third kappa shape index (κ3) is 4.16. The zero-order chi connectivity index (χ0) is 16.9. The molecule has 1 fully saturated rings. The van der Waals surface area contributed by atoms with Gasteiger partial charge in [0.1, 0.15) is 0 Å². The van der Waals surface area contributed by atoms with Gasteiger partial charge in [-0.05, 0) is 11.4 Å². The van der Waals surface area contributed by atoms with Crippen LogP contribution in [0.3, 0.4) is 0 Å². The van der Waals surface area contributed by atoms with Gasteiger partial charge >= 0.3 is 0 Å².